The number of carbonyl (C=O) groups excluding carboxylic acids is 2. The fourth-order valence-corrected chi connectivity index (χ4v) is 2.80. The molecule has 0 radical (unpaired) electrons. The predicted octanol–water partition coefficient (Wildman–Crippen LogP) is 3.49. The van der Waals surface area contributed by atoms with E-state index in [-0.39, 0.29) is 18.2 Å². The fourth-order valence-electron chi connectivity index (χ4n) is 2.68. The number of anilines is 1. The molecule has 5 nitrogen and oxygen atoms in total. The highest BCUT2D eigenvalue weighted by Gasteiger charge is 2.25. The third-order valence-corrected chi connectivity index (χ3v) is 4.44. The summed E-state index contributed by atoms with van der Waals surface area (Å²) in [7, 11) is 0. The predicted molar refractivity (Wildman–Crippen MR) is 103 cm³/mol. The van der Waals surface area contributed by atoms with E-state index in [1.54, 1.807) is 0 Å². The van der Waals surface area contributed by atoms with E-state index in [9.17, 15) is 9.59 Å². The van der Waals surface area contributed by atoms with Crippen molar-refractivity contribution in [2.45, 2.75) is 26.2 Å². The minimum absolute atomic E-state index is 0.105. The molecule has 0 bridgehead atoms. The van der Waals surface area contributed by atoms with Crippen LogP contribution in [0.4, 0.5) is 5.69 Å². The maximum atomic E-state index is 12.4. The number of nitrogens with one attached hydrogen (secondary N) is 1. The molecule has 0 atom stereocenters. The Bertz CT molecular complexity index is 829. The molecule has 0 unspecified atom stereocenters. The van der Waals surface area contributed by atoms with E-state index < -0.39 is 0 Å². The normalized spacial score (nSPS) is 14.2. The zero-order chi connectivity index (χ0) is 18.5. The highest BCUT2D eigenvalue weighted by molar-refractivity contribution is 6.40. The summed E-state index contributed by atoms with van der Waals surface area (Å²) in [4.78, 5) is 24.5. The molecule has 134 valence electrons. The molecule has 2 amide bonds. The van der Waals surface area contributed by atoms with E-state index in [4.69, 9.17) is 11.6 Å². The van der Waals surface area contributed by atoms with Crippen molar-refractivity contribution in [2.24, 2.45) is 5.10 Å². The standard InChI is InChI=1S/C20H20ClN3O2/c1-14-2-8-17(9-3-14)24-19(25)11-10-18(23-24)20(26)22-13-12-15-4-6-16(21)7-5-15/h2-9H,10-13H2,1H3,(H,22,26). The highest BCUT2D eigenvalue weighted by Crippen LogP contribution is 2.20. The first-order valence-corrected chi connectivity index (χ1v) is 8.90. The zero-order valence-electron chi connectivity index (χ0n) is 14.5. The molecule has 1 aliphatic rings. The van der Waals surface area contributed by atoms with Crippen molar-refractivity contribution in [1.82, 2.24) is 5.32 Å². The summed E-state index contributed by atoms with van der Waals surface area (Å²) in [5.41, 5.74) is 3.24. The van der Waals surface area contributed by atoms with Crippen molar-refractivity contribution in [2.75, 3.05) is 11.6 Å². The van der Waals surface area contributed by atoms with E-state index in [0.717, 1.165) is 11.1 Å². The van der Waals surface area contributed by atoms with Crippen LogP contribution >= 0.6 is 11.6 Å². The van der Waals surface area contributed by atoms with Crippen molar-refractivity contribution < 1.29 is 9.59 Å². The van der Waals surface area contributed by atoms with Gasteiger partial charge >= 0.3 is 0 Å². The first kappa shape index (κ1) is 18.1. The van der Waals surface area contributed by atoms with Crippen LogP contribution in [0.25, 0.3) is 0 Å². The fraction of sp³-hybridized carbons (Fsp3) is 0.250. The second-order valence-corrected chi connectivity index (χ2v) is 6.66. The van der Waals surface area contributed by atoms with Crippen molar-refractivity contribution in [1.29, 1.82) is 0 Å². The van der Waals surface area contributed by atoms with Gasteiger partial charge in [-0.2, -0.15) is 5.10 Å². The van der Waals surface area contributed by atoms with Crippen LogP contribution in [0.5, 0.6) is 0 Å². The van der Waals surface area contributed by atoms with Gasteiger partial charge in [-0.15, -0.1) is 0 Å². The third kappa shape index (κ3) is 4.49. The largest absolute Gasteiger partial charge is 0.351 e. The van der Waals surface area contributed by atoms with Crippen LogP contribution in [0.2, 0.25) is 5.02 Å². The van der Waals surface area contributed by atoms with E-state index >= 15 is 0 Å². The summed E-state index contributed by atoms with van der Waals surface area (Å²) >= 11 is 5.86. The molecule has 3 rings (SSSR count). The minimum Gasteiger partial charge on any atom is -0.351 e. The van der Waals surface area contributed by atoms with E-state index in [1.807, 2.05) is 55.5 Å². The molecule has 2 aromatic rings. The van der Waals surface area contributed by atoms with Crippen LogP contribution in [0.1, 0.15) is 24.0 Å². The number of hydrazone groups is 1. The Balaban J connectivity index is 1.62. The Morgan fingerprint density at radius 1 is 1.12 bits per heavy atom. The summed E-state index contributed by atoms with van der Waals surface area (Å²) in [6.45, 7) is 2.47. The van der Waals surface area contributed by atoms with Crippen LogP contribution in [-0.4, -0.2) is 24.1 Å². The van der Waals surface area contributed by atoms with E-state index in [0.29, 0.717) is 35.8 Å². The molecule has 6 heteroatoms. The SMILES string of the molecule is Cc1ccc(N2N=C(C(=O)NCCc3ccc(Cl)cc3)CCC2=O)cc1. The molecule has 0 spiro atoms. The van der Waals surface area contributed by atoms with Gasteiger partial charge in [-0.1, -0.05) is 41.4 Å². The Morgan fingerprint density at radius 3 is 2.50 bits per heavy atom. The maximum absolute atomic E-state index is 12.4. The second-order valence-electron chi connectivity index (χ2n) is 6.22. The molecular formula is C20H20ClN3O2. The average Bonchev–Trinajstić information content (AvgIpc) is 2.64. The van der Waals surface area contributed by atoms with Gasteiger partial charge in [0.2, 0.25) is 5.91 Å². The lowest BCUT2D eigenvalue weighted by Crippen LogP contribution is -2.39. The van der Waals surface area contributed by atoms with Crippen LogP contribution < -0.4 is 10.3 Å². The highest BCUT2D eigenvalue weighted by atomic mass is 35.5. The zero-order valence-corrected chi connectivity index (χ0v) is 15.3. The molecule has 0 fully saturated rings. The number of halogens is 1. The van der Waals surface area contributed by atoms with Crippen LogP contribution in [0.15, 0.2) is 53.6 Å². The monoisotopic (exact) mass is 369 g/mol. The smallest absolute Gasteiger partial charge is 0.267 e. The molecule has 26 heavy (non-hydrogen) atoms. The number of benzene rings is 2. The van der Waals surface area contributed by atoms with Gasteiger partial charge in [0.15, 0.2) is 0 Å². The summed E-state index contributed by atoms with van der Waals surface area (Å²) in [5, 5.41) is 9.15. The Kier molecular flexibility index (Phi) is 5.68. The van der Waals surface area contributed by atoms with Gasteiger partial charge < -0.3 is 5.32 Å². The maximum Gasteiger partial charge on any atom is 0.267 e. The van der Waals surface area contributed by atoms with E-state index in [2.05, 4.69) is 10.4 Å². The quantitative estimate of drug-likeness (QED) is 0.876. The Hall–Kier alpha value is -2.66. The summed E-state index contributed by atoms with van der Waals surface area (Å²) in [5.74, 6) is -0.338. The summed E-state index contributed by atoms with van der Waals surface area (Å²) < 4.78 is 0. The van der Waals surface area contributed by atoms with Crippen molar-refractivity contribution in [3.8, 4) is 0 Å². The van der Waals surface area contributed by atoms with Crippen molar-refractivity contribution in [3.63, 3.8) is 0 Å². The number of hydrogen-bond acceptors (Lipinski definition) is 3. The summed E-state index contributed by atoms with van der Waals surface area (Å²) in [6.07, 6.45) is 1.34. The lowest BCUT2D eigenvalue weighted by molar-refractivity contribution is -0.118. The lowest BCUT2D eigenvalue weighted by atomic mass is 10.1. The topological polar surface area (TPSA) is 61.8 Å². The third-order valence-electron chi connectivity index (χ3n) is 4.19. The Morgan fingerprint density at radius 2 is 1.81 bits per heavy atom. The first-order chi connectivity index (χ1) is 12.5. The number of hydrogen-bond donors (Lipinski definition) is 1. The molecule has 1 aliphatic heterocycles. The lowest BCUT2D eigenvalue weighted by Gasteiger charge is -2.23. The van der Waals surface area contributed by atoms with Gasteiger partial charge in [0, 0.05) is 24.4 Å². The molecule has 0 aromatic heterocycles. The van der Waals surface area contributed by atoms with Gasteiger partial charge in [-0.25, -0.2) is 5.01 Å². The number of rotatable bonds is 5. The van der Waals surface area contributed by atoms with Gasteiger partial charge in [-0.3, -0.25) is 9.59 Å². The molecule has 0 aliphatic carbocycles. The van der Waals surface area contributed by atoms with Gasteiger partial charge in [0.05, 0.1) is 5.69 Å². The van der Waals surface area contributed by atoms with Crippen molar-refractivity contribution in [3.05, 3.63) is 64.7 Å². The van der Waals surface area contributed by atoms with E-state index in [1.165, 1.54) is 5.01 Å². The van der Waals surface area contributed by atoms with Crippen LogP contribution in [0, 0.1) is 6.92 Å². The number of nitrogens with zero attached hydrogens (tertiary/aromatic N) is 2. The van der Waals surface area contributed by atoms with Gasteiger partial charge in [0.1, 0.15) is 5.71 Å². The first-order valence-electron chi connectivity index (χ1n) is 8.52. The van der Waals surface area contributed by atoms with Crippen molar-refractivity contribution >= 4 is 34.8 Å². The number of amides is 2. The van der Waals surface area contributed by atoms with Gasteiger partial charge in [-0.05, 0) is 43.2 Å². The van der Waals surface area contributed by atoms with Crippen LogP contribution in [0.3, 0.4) is 0 Å². The average molecular weight is 370 g/mol. The minimum atomic E-state index is -0.233. The van der Waals surface area contributed by atoms with Gasteiger partial charge in [0.25, 0.3) is 5.91 Å². The van der Waals surface area contributed by atoms with Crippen LogP contribution in [-0.2, 0) is 16.0 Å². The summed E-state index contributed by atoms with van der Waals surface area (Å²) in [6, 6.07) is 15.0. The molecule has 2 aromatic carbocycles. The molecular weight excluding hydrogens is 350 g/mol. The molecule has 1 heterocycles. The second kappa shape index (κ2) is 8.15. The number of aryl methyl sites for hydroxylation is 1. The molecule has 0 saturated carbocycles. The number of carbonyl (C=O) groups is 2. The molecule has 1 N–H and O–H groups in total. The Labute approximate surface area is 157 Å². The molecule has 0 saturated heterocycles.